The smallest absolute Gasteiger partial charge is 0.320 e. The van der Waals surface area contributed by atoms with Crippen molar-refractivity contribution in [3.8, 4) is 0 Å². The molecule has 0 amide bonds. The Labute approximate surface area is 194 Å². The molecule has 0 aliphatic rings. The molecule has 0 saturated heterocycles. The van der Waals surface area contributed by atoms with Crippen LogP contribution >= 0.6 is 0 Å². The lowest BCUT2D eigenvalue weighted by Crippen LogP contribution is -2.34. The van der Waals surface area contributed by atoms with Gasteiger partial charge in [-0.1, -0.05) is 63.3 Å². The Morgan fingerprint density at radius 2 is 1.47 bits per heavy atom. The zero-order valence-electron chi connectivity index (χ0n) is 19.9. The molecule has 32 heavy (non-hydrogen) atoms. The monoisotopic (exact) mass is 454 g/mol. The first kappa shape index (κ1) is 31.8. The number of carboxylic acid groups (broad SMARTS) is 2. The van der Waals surface area contributed by atoms with Crippen LogP contribution in [0.5, 0.6) is 0 Å². The van der Waals surface area contributed by atoms with Crippen LogP contribution in [-0.2, 0) is 9.59 Å². The lowest BCUT2D eigenvalue weighted by Gasteiger charge is -2.06. The van der Waals surface area contributed by atoms with Gasteiger partial charge < -0.3 is 27.0 Å². The first-order valence-corrected chi connectivity index (χ1v) is 11.9. The van der Waals surface area contributed by atoms with Gasteiger partial charge in [-0.15, -0.1) is 0 Å². The molecule has 0 rings (SSSR count). The van der Waals surface area contributed by atoms with Gasteiger partial charge in [-0.3, -0.25) is 15.0 Å². The number of aliphatic carboxylic acids is 2. The summed E-state index contributed by atoms with van der Waals surface area (Å²) in [6.45, 7) is 2.72. The van der Waals surface area contributed by atoms with E-state index in [0.29, 0.717) is 25.8 Å². The van der Waals surface area contributed by atoms with Crippen LogP contribution in [0.2, 0.25) is 0 Å². The van der Waals surface area contributed by atoms with Crippen molar-refractivity contribution in [3.05, 3.63) is 24.3 Å². The second-order valence-corrected chi connectivity index (χ2v) is 7.80. The van der Waals surface area contributed by atoms with Crippen LogP contribution in [0.15, 0.2) is 24.3 Å². The number of rotatable bonds is 19. The lowest BCUT2D eigenvalue weighted by atomic mass is 10.1. The van der Waals surface area contributed by atoms with Gasteiger partial charge in [0.1, 0.15) is 6.04 Å². The highest BCUT2D eigenvalue weighted by Gasteiger charge is 2.09. The van der Waals surface area contributed by atoms with E-state index >= 15 is 0 Å². The average Bonchev–Trinajstić information content (AvgIpc) is 2.74. The molecule has 0 fully saturated rings. The van der Waals surface area contributed by atoms with Crippen molar-refractivity contribution < 1.29 is 19.8 Å². The van der Waals surface area contributed by atoms with Gasteiger partial charge >= 0.3 is 11.9 Å². The fourth-order valence-corrected chi connectivity index (χ4v) is 2.76. The van der Waals surface area contributed by atoms with Crippen molar-refractivity contribution in [2.45, 2.75) is 103 Å². The van der Waals surface area contributed by atoms with Crippen molar-refractivity contribution in [1.82, 2.24) is 5.32 Å². The first-order valence-electron chi connectivity index (χ1n) is 11.9. The Balaban J connectivity index is 0. The molecule has 0 saturated carbocycles. The fourth-order valence-electron chi connectivity index (χ4n) is 2.76. The molecular formula is C24H46N4O4. The van der Waals surface area contributed by atoms with Gasteiger partial charge in [-0.05, 0) is 51.4 Å². The van der Waals surface area contributed by atoms with E-state index in [4.69, 9.17) is 27.1 Å². The molecule has 0 aromatic carbocycles. The van der Waals surface area contributed by atoms with E-state index in [0.717, 1.165) is 25.7 Å². The molecule has 186 valence electrons. The number of nitrogens with two attached hydrogens (primary N) is 2. The quantitative estimate of drug-likeness (QED) is 0.0721. The summed E-state index contributed by atoms with van der Waals surface area (Å²) in [6, 6.07) is -0.821. The van der Waals surface area contributed by atoms with Crippen LogP contribution in [0.4, 0.5) is 0 Å². The number of hydrogen-bond acceptors (Lipinski definition) is 4. The second-order valence-electron chi connectivity index (χ2n) is 7.80. The summed E-state index contributed by atoms with van der Waals surface area (Å²) in [5.41, 5.74) is 10.2. The van der Waals surface area contributed by atoms with E-state index in [2.05, 4.69) is 36.5 Å². The maximum Gasteiger partial charge on any atom is 0.320 e. The van der Waals surface area contributed by atoms with Gasteiger partial charge in [0.05, 0.1) is 0 Å². The number of carboxylic acids is 2. The molecule has 0 aliphatic carbocycles. The molecule has 0 aliphatic heterocycles. The van der Waals surface area contributed by atoms with Crippen LogP contribution in [0, 0.1) is 5.41 Å². The van der Waals surface area contributed by atoms with E-state index < -0.39 is 18.0 Å². The molecule has 0 aromatic rings. The van der Waals surface area contributed by atoms with E-state index in [-0.39, 0.29) is 5.96 Å². The maximum absolute atomic E-state index is 10.3. The van der Waals surface area contributed by atoms with Crippen molar-refractivity contribution in [2.75, 3.05) is 6.54 Å². The lowest BCUT2D eigenvalue weighted by molar-refractivity contribution is -0.139. The van der Waals surface area contributed by atoms with Crippen LogP contribution in [-0.4, -0.2) is 40.7 Å². The number of carbonyl (C=O) groups is 2. The third kappa shape index (κ3) is 29.8. The molecule has 0 radical (unpaired) electrons. The highest BCUT2D eigenvalue weighted by atomic mass is 16.4. The van der Waals surface area contributed by atoms with E-state index in [1.165, 1.54) is 44.9 Å². The first-order chi connectivity index (χ1) is 15.3. The van der Waals surface area contributed by atoms with E-state index in [1.54, 1.807) is 0 Å². The number of allylic oxidation sites excluding steroid dienone is 4. The molecule has 8 heteroatoms. The number of guanidine groups is 1. The summed E-state index contributed by atoms with van der Waals surface area (Å²) >= 11 is 0. The minimum atomic E-state index is -1.00. The molecule has 0 spiro atoms. The summed E-state index contributed by atoms with van der Waals surface area (Å²) in [7, 11) is 0. The Hall–Kier alpha value is -2.35. The predicted octanol–water partition coefficient (Wildman–Crippen LogP) is 4.55. The molecule has 0 aromatic heterocycles. The van der Waals surface area contributed by atoms with Crippen molar-refractivity contribution in [1.29, 1.82) is 5.41 Å². The summed E-state index contributed by atoms with van der Waals surface area (Å²) in [5, 5.41) is 26.2. The van der Waals surface area contributed by atoms with Crippen molar-refractivity contribution in [2.24, 2.45) is 11.5 Å². The largest absolute Gasteiger partial charge is 0.481 e. The van der Waals surface area contributed by atoms with Gasteiger partial charge in [0.15, 0.2) is 5.96 Å². The van der Waals surface area contributed by atoms with E-state index in [1.807, 2.05) is 0 Å². The molecule has 0 heterocycles. The maximum atomic E-state index is 10.3. The zero-order valence-corrected chi connectivity index (χ0v) is 19.9. The Morgan fingerprint density at radius 1 is 0.906 bits per heavy atom. The third-order valence-corrected chi connectivity index (χ3v) is 4.67. The Bertz CT molecular complexity index is 536. The Morgan fingerprint density at radius 3 is 2.00 bits per heavy atom. The standard InChI is InChI=1S/C18H32O2.C6H14N4O2/c1-2-3-4-5-6-7-8-9-10-11-12-13-14-15-16-17-18(19)20;7-4(5(11)12)2-1-3-10-6(8)9/h6-7,9-10H,2-5,8,11-17H2,1H3,(H,19,20);4H,1-3,7H2,(H,11,12)(H4,8,9,10)/b7-6-,10-9-;. The Kier molecular flexibility index (Phi) is 24.8. The topological polar surface area (TPSA) is 163 Å². The van der Waals surface area contributed by atoms with Gasteiger partial charge in [-0.2, -0.15) is 0 Å². The molecular weight excluding hydrogens is 408 g/mol. The molecule has 0 bridgehead atoms. The van der Waals surface area contributed by atoms with Gasteiger partial charge in [0.25, 0.3) is 0 Å². The van der Waals surface area contributed by atoms with Crippen LogP contribution in [0.25, 0.3) is 0 Å². The third-order valence-electron chi connectivity index (χ3n) is 4.67. The highest BCUT2D eigenvalue weighted by Crippen LogP contribution is 2.08. The highest BCUT2D eigenvalue weighted by molar-refractivity contribution is 5.74. The number of unbranched alkanes of at least 4 members (excludes halogenated alkanes) is 8. The fraction of sp³-hybridized carbons (Fsp3) is 0.708. The van der Waals surface area contributed by atoms with E-state index in [9.17, 15) is 9.59 Å². The van der Waals surface area contributed by atoms with Gasteiger partial charge in [-0.25, -0.2) is 0 Å². The van der Waals surface area contributed by atoms with Crippen molar-refractivity contribution >= 4 is 17.9 Å². The molecule has 1 unspecified atom stereocenters. The summed E-state index contributed by atoms with van der Waals surface area (Å²) in [6.07, 6.45) is 23.3. The minimum Gasteiger partial charge on any atom is -0.481 e. The summed E-state index contributed by atoms with van der Waals surface area (Å²) in [5.74, 6) is -1.78. The van der Waals surface area contributed by atoms with Crippen LogP contribution < -0.4 is 16.8 Å². The SMILES string of the molecule is CCCCC/C=C\C/C=C\CCCCCCCC(=O)O.N=C(N)NCCCC(N)C(=O)O. The zero-order chi connectivity index (χ0) is 24.5. The summed E-state index contributed by atoms with van der Waals surface area (Å²) < 4.78 is 0. The molecule has 1 atom stereocenters. The molecule has 8 nitrogen and oxygen atoms in total. The van der Waals surface area contributed by atoms with Crippen molar-refractivity contribution in [3.63, 3.8) is 0 Å². The molecule has 8 N–H and O–H groups in total. The minimum absolute atomic E-state index is 0.112. The second kappa shape index (κ2) is 24.9. The average molecular weight is 455 g/mol. The predicted molar refractivity (Wildman–Crippen MR) is 132 cm³/mol. The van der Waals surface area contributed by atoms with Gasteiger partial charge in [0.2, 0.25) is 0 Å². The number of nitrogens with one attached hydrogen (secondary N) is 2. The van der Waals surface area contributed by atoms with Gasteiger partial charge in [0, 0.05) is 13.0 Å². The summed E-state index contributed by atoms with van der Waals surface area (Å²) in [4.78, 5) is 20.5. The normalized spacial score (nSPS) is 11.8. The number of hydrogen-bond donors (Lipinski definition) is 6. The van der Waals surface area contributed by atoms with Crippen LogP contribution in [0.1, 0.15) is 96.8 Å². The van der Waals surface area contributed by atoms with Crippen LogP contribution in [0.3, 0.4) is 0 Å².